The van der Waals surface area contributed by atoms with Crippen LogP contribution in [-0.4, -0.2) is 34.7 Å². The summed E-state index contributed by atoms with van der Waals surface area (Å²) >= 11 is 0. The maximum atomic E-state index is 13.7. The summed E-state index contributed by atoms with van der Waals surface area (Å²) in [5.41, 5.74) is 0.354. The Hall–Kier alpha value is -0.930. The van der Waals surface area contributed by atoms with Crippen LogP contribution in [0.3, 0.4) is 0 Å². The van der Waals surface area contributed by atoms with Crippen LogP contribution in [0.1, 0.15) is 38.7 Å². The van der Waals surface area contributed by atoms with Crippen molar-refractivity contribution in [1.82, 2.24) is 4.90 Å². The van der Waals surface area contributed by atoms with Gasteiger partial charge in [0, 0.05) is 12.0 Å². The first-order valence-corrected chi connectivity index (χ1v) is 7.24. The van der Waals surface area contributed by atoms with E-state index in [2.05, 4.69) is 18.7 Å². The van der Waals surface area contributed by atoms with Crippen LogP contribution in [0.5, 0.6) is 0 Å². The lowest BCUT2D eigenvalue weighted by atomic mass is 9.86. The monoisotopic (exact) mass is 265 g/mol. The van der Waals surface area contributed by atoms with Crippen LogP contribution in [0.25, 0.3) is 0 Å². The number of hydrogen-bond acceptors (Lipinski definition) is 2. The SMILES string of the molecule is CCC(C)(C(O)Cc1ccccc1F)N1CCCC1. The smallest absolute Gasteiger partial charge is 0.126 e. The second-order valence-electron chi connectivity index (χ2n) is 5.72. The van der Waals surface area contributed by atoms with Crippen LogP contribution in [-0.2, 0) is 6.42 Å². The van der Waals surface area contributed by atoms with E-state index in [0.29, 0.717) is 12.0 Å². The summed E-state index contributed by atoms with van der Waals surface area (Å²) in [6, 6.07) is 6.73. The average molecular weight is 265 g/mol. The molecule has 2 rings (SSSR count). The summed E-state index contributed by atoms with van der Waals surface area (Å²) in [7, 11) is 0. The highest BCUT2D eigenvalue weighted by Gasteiger charge is 2.38. The van der Waals surface area contributed by atoms with E-state index in [9.17, 15) is 9.50 Å². The van der Waals surface area contributed by atoms with E-state index in [0.717, 1.165) is 19.5 Å². The minimum atomic E-state index is -0.535. The Morgan fingerprint density at radius 3 is 2.53 bits per heavy atom. The molecule has 2 nitrogen and oxygen atoms in total. The molecule has 1 saturated heterocycles. The van der Waals surface area contributed by atoms with Gasteiger partial charge in [0.15, 0.2) is 0 Å². The van der Waals surface area contributed by atoms with Crippen molar-refractivity contribution < 1.29 is 9.50 Å². The molecule has 106 valence electrons. The quantitative estimate of drug-likeness (QED) is 0.884. The molecule has 1 aromatic carbocycles. The van der Waals surface area contributed by atoms with Crippen LogP contribution < -0.4 is 0 Å². The third-order valence-corrected chi connectivity index (χ3v) is 4.63. The van der Waals surface area contributed by atoms with Gasteiger partial charge in [-0.05, 0) is 50.9 Å². The summed E-state index contributed by atoms with van der Waals surface area (Å²) in [5.74, 6) is -0.221. The maximum absolute atomic E-state index is 13.7. The van der Waals surface area contributed by atoms with E-state index in [1.54, 1.807) is 12.1 Å². The van der Waals surface area contributed by atoms with E-state index >= 15 is 0 Å². The zero-order valence-corrected chi connectivity index (χ0v) is 11.9. The summed E-state index contributed by atoms with van der Waals surface area (Å²) in [6.45, 7) is 6.28. The van der Waals surface area contributed by atoms with Gasteiger partial charge in [0.1, 0.15) is 5.82 Å². The lowest BCUT2D eigenvalue weighted by Gasteiger charge is -2.42. The number of halogens is 1. The number of aliphatic hydroxyl groups is 1. The van der Waals surface area contributed by atoms with Crippen molar-refractivity contribution >= 4 is 0 Å². The second kappa shape index (κ2) is 6.02. The third kappa shape index (κ3) is 2.98. The molecule has 0 amide bonds. The molecule has 0 spiro atoms. The van der Waals surface area contributed by atoms with Crippen LogP contribution in [0.2, 0.25) is 0 Å². The Bertz CT molecular complexity index is 417. The lowest BCUT2D eigenvalue weighted by Crippen LogP contribution is -2.53. The summed E-state index contributed by atoms with van der Waals surface area (Å²) in [4.78, 5) is 2.36. The van der Waals surface area contributed by atoms with Gasteiger partial charge in [-0.15, -0.1) is 0 Å². The van der Waals surface area contributed by atoms with Crippen LogP contribution in [0.15, 0.2) is 24.3 Å². The van der Waals surface area contributed by atoms with E-state index in [1.807, 2.05) is 6.07 Å². The first-order chi connectivity index (χ1) is 9.08. The number of nitrogens with zero attached hydrogens (tertiary/aromatic N) is 1. The molecule has 0 saturated carbocycles. The first-order valence-electron chi connectivity index (χ1n) is 7.24. The van der Waals surface area contributed by atoms with Crippen molar-refractivity contribution in [1.29, 1.82) is 0 Å². The molecule has 19 heavy (non-hydrogen) atoms. The normalized spacial score (nSPS) is 21.3. The molecule has 1 aliphatic heterocycles. The molecule has 0 aliphatic carbocycles. The summed E-state index contributed by atoms with van der Waals surface area (Å²) < 4.78 is 13.7. The van der Waals surface area contributed by atoms with Gasteiger partial charge in [-0.2, -0.15) is 0 Å². The van der Waals surface area contributed by atoms with Gasteiger partial charge < -0.3 is 5.11 Å². The van der Waals surface area contributed by atoms with E-state index in [4.69, 9.17) is 0 Å². The fourth-order valence-corrected chi connectivity index (χ4v) is 2.99. The Morgan fingerprint density at radius 1 is 1.32 bits per heavy atom. The zero-order chi connectivity index (χ0) is 13.9. The summed E-state index contributed by atoms with van der Waals surface area (Å²) in [5, 5.41) is 10.6. The van der Waals surface area contributed by atoms with Crippen LogP contribution >= 0.6 is 0 Å². The molecule has 2 atom stereocenters. The average Bonchev–Trinajstić information content (AvgIpc) is 2.95. The minimum absolute atomic E-state index is 0.221. The van der Waals surface area contributed by atoms with E-state index < -0.39 is 6.10 Å². The fraction of sp³-hybridized carbons (Fsp3) is 0.625. The van der Waals surface area contributed by atoms with Crippen molar-refractivity contribution in [2.24, 2.45) is 0 Å². The molecule has 1 aromatic rings. The van der Waals surface area contributed by atoms with Crippen molar-refractivity contribution in [3.05, 3.63) is 35.6 Å². The number of hydrogen-bond donors (Lipinski definition) is 1. The van der Waals surface area contributed by atoms with E-state index in [-0.39, 0.29) is 11.4 Å². The molecule has 0 bridgehead atoms. The number of likely N-dealkylation sites (tertiary alicyclic amines) is 1. The van der Waals surface area contributed by atoms with Crippen LogP contribution in [0, 0.1) is 5.82 Å². The van der Waals surface area contributed by atoms with Gasteiger partial charge in [0.2, 0.25) is 0 Å². The largest absolute Gasteiger partial charge is 0.391 e. The van der Waals surface area contributed by atoms with Crippen molar-refractivity contribution in [2.75, 3.05) is 13.1 Å². The highest BCUT2D eigenvalue weighted by atomic mass is 19.1. The molecule has 2 unspecified atom stereocenters. The highest BCUT2D eigenvalue weighted by molar-refractivity contribution is 5.19. The number of benzene rings is 1. The minimum Gasteiger partial charge on any atom is -0.391 e. The standard InChI is InChI=1S/C16H24FNO/c1-3-16(2,18-10-6-7-11-18)15(19)12-13-8-4-5-9-14(13)17/h4-5,8-9,15,19H,3,6-7,10-12H2,1-2H3. The molecule has 1 fully saturated rings. The first kappa shape index (κ1) is 14.5. The van der Waals surface area contributed by atoms with Gasteiger partial charge in [-0.3, -0.25) is 4.90 Å². The molecule has 0 aromatic heterocycles. The number of aliphatic hydroxyl groups excluding tert-OH is 1. The second-order valence-corrected chi connectivity index (χ2v) is 5.72. The Labute approximate surface area is 115 Å². The zero-order valence-electron chi connectivity index (χ0n) is 11.9. The summed E-state index contributed by atoms with van der Waals surface area (Å²) in [6.07, 6.45) is 3.12. The molecular weight excluding hydrogens is 241 g/mol. The van der Waals surface area contributed by atoms with Crippen molar-refractivity contribution in [3.8, 4) is 0 Å². The predicted octanol–water partition coefficient (Wildman–Crippen LogP) is 2.99. The molecule has 1 N–H and O–H groups in total. The van der Waals surface area contributed by atoms with E-state index in [1.165, 1.54) is 18.9 Å². The van der Waals surface area contributed by atoms with Gasteiger partial charge in [-0.1, -0.05) is 25.1 Å². The van der Waals surface area contributed by atoms with Crippen LogP contribution in [0.4, 0.5) is 4.39 Å². The molecule has 1 heterocycles. The maximum Gasteiger partial charge on any atom is 0.126 e. The Balaban J connectivity index is 2.12. The van der Waals surface area contributed by atoms with Gasteiger partial charge >= 0.3 is 0 Å². The Morgan fingerprint density at radius 2 is 1.95 bits per heavy atom. The van der Waals surface area contributed by atoms with Crippen molar-refractivity contribution in [2.45, 2.75) is 51.2 Å². The third-order valence-electron chi connectivity index (χ3n) is 4.63. The Kier molecular flexibility index (Phi) is 4.58. The highest BCUT2D eigenvalue weighted by Crippen LogP contribution is 2.30. The molecule has 3 heteroatoms. The predicted molar refractivity (Wildman–Crippen MR) is 75.6 cm³/mol. The van der Waals surface area contributed by atoms with Gasteiger partial charge in [0.05, 0.1) is 6.10 Å². The molecular formula is C16H24FNO. The van der Waals surface area contributed by atoms with Crippen molar-refractivity contribution in [3.63, 3.8) is 0 Å². The fourth-order valence-electron chi connectivity index (χ4n) is 2.99. The van der Waals surface area contributed by atoms with Gasteiger partial charge in [-0.25, -0.2) is 4.39 Å². The molecule has 1 aliphatic rings. The topological polar surface area (TPSA) is 23.5 Å². The molecule has 0 radical (unpaired) electrons. The number of rotatable bonds is 5. The lowest BCUT2D eigenvalue weighted by molar-refractivity contribution is -0.0121. The van der Waals surface area contributed by atoms with Gasteiger partial charge in [0.25, 0.3) is 0 Å².